The highest BCUT2D eigenvalue weighted by atomic mass is 16.5. The highest BCUT2D eigenvalue weighted by Gasteiger charge is 2.04. The second-order valence-corrected chi connectivity index (χ2v) is 3.72. The van der Waals surface area contributed by atoms with Crippen molar-refractivity contribution in [1.29, 1.82) is 0 Å². The normalized spacial score (nSPS) is 10.9. The van der Waals surface area contributed by atoms with Crippen molar-refractivity contribution in [2.75, 3.05) is 7.11 Å². The molecule has 2 rings (SSSR count). The molecule has 1 aromatic carbocycles. The fourth-order valence-electron chi connectivity index (χ4n) is 1.60. The van der Waals surface area contributed by atoms with Gasteiger partial charge < -0.3 is 4.74 Å². The highest BCUT2D eigenvalue weighted by molar-refractivity contribution is 5.92. The van der Waals surface area contributed by atoms with E-state index in [2.05, 4.69) is 4.98 Å². The maximum absolute atomic E-state index is 10.9. The van der Waals surface area contributed by atoms with Gasteiger partial charge in [-0.05, 0) is 31.2 Å². The molecule has 3 nitrogen and oxygen atoms in total. The van der Waals surface area contributed by atoms with E-state index in [1.807, 2.05) is 30.3 Å². The molecule has 0 aliphatic heterocycles. The van der Waals surface area contributed by atoms with Crippen LogP contribution in [0.2, 0.25) is 0 Å². The third-order valence-electron chi connectivity index (χ3n) is 2.41. The third-order valence-corrected chi connectivity index (χ3v) is 2.41. The molecule has 0 bridgehead atoms. The van der Waals surface area contributed by atoms with Crippen LogP contribution in [0.15, 0.2) is 36.4 Å². The van der Waals surface area contributed by atoms with Crippen LogP contribution in [0, 0.1) is 0 Å². The first-order valence-corrected chi connectivity index (χ1v) is 5.33. The predicted molar refractivity (Wildman–Crippen MR) is 68.0 cm³/mol. The summed E-state index contributed by atoms with van der Waals surface area (Å²) >= 11 is 0. The van der Waals surface area contributed by atoms with E-state index in [0.717, 1.165) is 16.5 Å². The predicted octanol–water partition coefficient (Wildman–Crippen LogP) is 2.85. The monoisotopic (exact) mass is 227 g/mol. The molecule has 0 aliphatic rings. The Morgan fingerprint density at radius 1 is 1.35 bits per heavy atom. The summed E-state index contributed by atoms with van der Waals surface area (Å²) in [4.78, 5) is 15.3. The quantitative estimate of drug-likeness (QED) is 0.757. The number of ether oxygens (including phenoxy) is 1. The van der Waals surface area contributed by atoms with Crippen molar-refractivity contribution >= 4 is 22.8 Å². The van der Waals surface area contributed by atoms with Gasteiger partial charge in [-0.3, -0.25) is 4.79 Å². The number of fused-ring (bicyclic) bond motifs is 1. The Morgan fingerprint density at radius 3 is 2.82 bits per heavy atom. The average molecular weight is 227 g/mol. The molecule has 0 aliphatic carbocycles. The summed E-state index contributed by atoms with van der Waals surface area (Å²) in [6.45, 7) is 1.51. The third kappa shape index (κ3) is 2.50. The van der Waals surface area contributed by atoms with E-state index in [9.17, 15) is 4.79 Å². The molecule has 86 valence electrons. The number of pyridine rings is 1. The van der Waals surface area contributed by atoms with Gasteiger partial charge in [0.25, 0.3) is 0 Å². The molecule has 0 radical (unpaired) electrons. The number of hydrogen-bond acceptors (Lipinski definition) is 3. The lowest BCUT2D eigenvalue weighted by molar-refractivity contribution is -0.112. The van der Waals surface area contributed by atoms with Crippen LogP contribution in [0.3, 0.4) is 0 Å². The second kappa shape index (κ2) is 4.78. The summed E-state index contributed by atoms with van der Waals surface area (Å²) in [7, 11) is 1.57. The number of nitrogens with zero attached hydrogens (tertiary/aromatic N) is 1. The standard InChI is InChI=1S/C14H13NO2/c1-10(16)7-8-12-9-11-5-3-4-6-13(11)15-14(12)17-2/h3-9H,1-2H3/b8-7+. The highest BCUT2D eigenvalue weighted by Crippen LogP contribution is 2.23. The van der Waals surface area contributed by atoms with Crippen molar-refractivity contribution in [3.63, 3.8) is 0 Å². The molecule has 0 spiro atoms. The summed E-state index contributed by atoms with van der Waals surface area (Å²) < 4.78 is 5.21. The Bertz CT molecular complexity index is 588. The van der Waals surface area contributed by atoms with E-state index in [1.54, 1.807) is 13.2 Å². The van der Waals surface area contributed by atoms with Gasteiger partial charge in [-0.15, -0.1) is 0 Å². The Balaban J connectivity index is 2.56. The van der Waals surface area contributed by atoms with Crippen LogP contribution in [0.4, 0.5) is 0 Å². The molecular weight excluding hydrogens is 214 g/mol. The molecule has 0 saturated heterocycles. The zero-order chi connectivity index (χ0) is 12.3. The Morgan fingerprint density at radius 2 is 2.12 bits per heavy atom. The molecular formula is C14H13NO2. The van der Waals surface area contributed by atoms with Crippen molar-refractivity contribution in [3.05, 3.63) is 42.0 Å². The summed E-state index contributed by atoms with van der Waals surface area (Å²) in [6, 6.07) is 9.75. The molecule has 0 amide bonds. The Labute approximate surface area is 99.7 Å². The van der Waals surface area contributed by atoms with Crippen LogP contribution >= 0.6 is 0 Å². The van der Waals surface area contributed by atoms with Gasteiger partial charge in [0.05, 0.1) is 12.6 Å². The van der Waals surface area contributed by atoms with Gasteiger partial charge >= 0.3 is 0 Å². The van der Waals surface area contributed by atoms with Gasteiger partial charge in [-0.1, -0.05) is 18.2 Å². The van der Waals surface area contributed by atoms with Gasteiger partial charge in [-0.25, -0.2) is 4.98 Å². The molecule has 0 N–H and O–H groups in total. The van der Waals surface area contributed by atoms with E-state index in [0.29, 0.717) is 5.88 Å². The SMILES string of the molecule is COc1nc2ccccc2cc1/C=C/C(C)=O. The number of aromatic nitrogens is 1. The first kappa shape index (κ1) is 11.3. The minimum absolute atomic E-state index is 0.000196. The minimum Gasteiger partial charge on any atom is -0.481 e. The van der Waals surface area contributed by atoms with Crippen LogP contribution in [-0.4, -0.2) is 17.9 Å². The van der Waals surface area contributed by atoms with Crippen molar-refractivity contribution in [3.8, 4) is 5.88 Å². The van der Waals surface area contributed by atoms with Gasteiger partial charge in [0.2, 0.25) is 5.88 Å². The number of para-hydroxylation sites is 1. The number of rotatable bonds is 3. The van der Waals surface area contributed by atoms with E-state index in [1.165, 1.54) is 13.0 Å². The molecule has 3 heteroatoms. The number of allylic oxidation sites excluding steroid dienone is 1. The molecule has 1 aromatic heterocycles. The maximum Gasteiger partial charge on any atom is 0.221 e. The molecule has 0 unspecified atom stereocenters. The van der Waals surface area contributed by atoms with E-state index < -0.39 is 0 Å². The van der Waals surface area contributed by atoms with Crippen LogP contribution in [0.25, 0.3) is 17.0 Å². The van der Waals surface area contributed by atoms with E-state index in [4.69, 9.17) is 4.74 Å². The number of benzene rings is 1. The Kier molecular flexibility index (Phi) is 3.19. The average Bonchev–Trinajstić information content (AvgIpc) is 2.35. The fourth-order valence-corrected chi connectivity index (χ4v) is 1.60. The number of carbonyl (C=O) groups is 1. The Hall–Kier alpha value is -2.16. The summed E-state index contributed by atoms with van der Waals surface area (Å²) in [5.41, 5.74) is 1.69. The lowest BCUT2D eigenvalue weighted by Gasteiger charge is -2.05. The molecule has 2 aromatic rings. The fraction of sp³-hybridized carbons (Fsp3) is 0.143. The second-order valence-electron chi connectivity index (χ2n) is 3.72. The van der Waals surface area contributed by atoms with Crippen molar-refractivity contribution in [2.45, 2.75) is 6.92 Å². The van der Waals surface area contributed by atoms with Crippen LogP contribution in [-0.2, 0) is 4.79 Å². The number of carbonyl (C=O) groups excluding carboxylic acids is 1. The molecule has 0 saturated carbocycles. The van der Waals surface area contributed by atoms with Gasteiger partial charge in [0.15, 0.2) is 5.78 Å². The topological polar surface area (TPSA) is 39.2 Å². The number of ketones is 1. The van der Waals surface area contributed by atoms with Crippen molar-refractivity contribution < 1.29 is 9.53 Å². The first-order chi connectivity index (χ1) is 8.20. The lowest BCUT2D eigenvalue weighted by atomic mass is 10.1. The summed E-state index contributed by atoms with van der Waals surface area (Å²) in [6.07, 6.45) is 3.23. The molecule has 17 heavy (non-hydrogen) atoms. The molecule has 0 atom stereocenters. The summed E-state index contributed by atoms with van der Waals surface area (Å²) in [5.74, 6) is 0.529. The lowest BCUT2D eigenvalue weighted by Crippen LogP contribution is -1.92. The zero-order valence-electron chi connectivity index (χ0n) is 9.81. The zero-order valence-corrected chi connectivity index (χ0v) is 9.81. The molecule has 0 fully saturated rings. The number of methoxy groups -OCH3 is 1. The van der Waals surface area contributed by atoms with Crippen molar-refractivity contribution in [2.24, 2.45) is 0 Å². The maximum atomic E-state index is 10.9. The molecule has 1 heterocycles. The van der Waals surface area contributed by atoms with Crippen LogP contribution in [0.5, 0.6) is 5.88 Å². The van der Waals surface area contributed by atoms with Gasteiger partial charge in [0, 0.05) is 10.9 Å². The summed E-state index contributed by atoms with van der Waals surface area (Å²) in [5, 5.41) is 1.02. The van der Waals surface area contributed by atoms with E-state index in [-0.39, 0.29) is 5.78 Å². The minimum atomic E-state index is 0.000196. The van der Waals surface area contributed by atoms with Gasteiger partial charge in [-0.2, -0.15) is 0 Å². The number of hydrogen-bond donors (Lipinski definition) is 0. The van der Waals surface area contributed by atoms with Crippen molar-refractivity contribution in [1.82, 2.24) is 4.98 Å². The largest absolute Gasteiger partial charge is 0.481 e. The van der Waals surface area contributed by atoms with E-state index >= 15 is 0 Å². The van der Waals surface area contributed by atoms with Crippen LogP contribution < -0.4 is 4.74 Å². The van der Waals surface area contributed by atoms with Gasteiger partial charge in [0.1, 0.15) is 0 Å². The first-order valence-electron chi connectivity index (χ1n) is 5.33. The van der Waals surface area contributed by atoms with Crippen LogP contribution in [0.1, 0.15) is 12.5 Å². The smallest absolute Gasteiger partial charge is 0.221 e.